The minimum absolute atomic E-state index is 0.0223. The maximum atomic E-state index is 14.7. The molecule has 0 spiro atoms. The highest BCUT2D eigenvalue weighted by molar-refractivity contribution is 6.31. The van der Waals surface area contributed by atoms with E-state index in [4.69, 9.17) is 0 Å². The van der Waals surface area contributed by atoms with Crippen LogP contribution < -0.4 is 0 Å². The number of para-hydroxylation sites is 1. The topological polar surface area (TPSA) is 112 Å². The summed E-state index contributed by atoms with van der Waals surface area (Å²) in [5.41, 5.74) is 1.41. The van der Waals surface area contributed by atoms with Gasteiger partial charge in [-0.3, -0.25) is 24.4 Å². The first-order valence-corrected chi connectivity index (χ1v) is 13.8. The second kappa shape index (κ2) is 9.21. The predicted molar refractivity (Wildman–Crippen MR) is 148 cm³/mol. The van der Waals surface area contributed by atoms with Gasteiger partial charge in [0.1, 0.15) is 5.75 Å². The molecule has 7 nitrogen and oxygen atoms in total. The number of benzene rings is 3. The van der Waals surface area contributed by atoms with E-state index in [2.05, 4.69) is 0 Å². The van der Waals surface area contributed by atoms with Crippen LogP contribution in [0, 0.1) is 23.7 Å². The van der Waals surface area contributed by atoms with Gasteiger partial charge in [0.2, 0.25) is 0 Å². The molecule has 6 atom stereocenters. The van der Waals surface area contributed by atoms with E-state index in [1.807, 2.05) is 54.6 Å². The van der Waals surface area contributed by atoms with Crippen LogP contribution in [0.25, 0.3) is 5.57 Å². The number of nitrogens with zero attached hydrogens (tertiary/aromatic N) is 1. The van der Waals surface area contributed by atoms with Crippen LogP contribution in [0.5, 0.6) is 5.75 Å². The molecule has 3 aromatic carbocycles. The van der Waals surface area contributed by atoms with Crippen LogP contribution in [0.3, 0.4) is 0 Å². The molecule has 4 aliphatic rings. The van der Waals surface area contributed by atoms with Gasteiger partial charge in [-0.25, -0.2) is 0 Å². The third-order valence-electron chi connectivity index (χ3n) is 9.60. The third-order valence-corrected chi connectivity index (χ3v) is 9.60. The molecule has 3 aromatic rings. The number of fused-ring (bicyclic) bond motifs is 4. The van der Waals surface area contributed by atoms with E-state index >= 15 is 0 Å². The second-order valence-corrected chi connectivity index (χ2v) is 11.3. The van der Waals surface area contributed by atoms with Crippen molar-refractivity contribution < 1.29 is 29.5 Å². The Morgan fingerprint density at radius 1 is 0.780 bits per heavy atom. The number of ketones is 2. The van der Waals surface area contributed by atoms with Gasteiger partial charge in [-0.05, 0) is 42.0 Å². The van der Waals surface area contributed by atoms with Gasteiger partial charge in [0, 0.05) is 23.0 Å². The lowest BCUT2D eigenvalue weighted by atomic mass is 9.44. The maximum absolute atomic E-state index is 14.7. The Kier molecular flexibility index (Phi) is 5.70. The van der Waals surface area contributed by atoms with Crippen molar-refractivity contribution in [3.63, 3.8) is 0 Å². The summed E-state index contributed by atoms with van der Waals surface area (Å²) in [6.45, 7) is 0. The van der Waals surface area contributed by atoms with Crippen LogP contribution in [0.2, 0.25) is 0 Å². The van der Waals surface area contributed by atoms with Crippen molar-refractivity contribution in [1.82, 2.24) is 5.06 Å². The number of allylic oxidation sites excluding steroid dienone is 4. The zero-order chi connectivity index (χ0) is 28.5. The van der Waals surface area contributed by atoms with Crippen molar-refractivity contribution in [1.29, 1.82) is 0 Å². The van der Waals surface area contributed by atoms with Gasteiger partial charge in [0.25, 0.3) is 11.8 Å². The predicted octanol–water partition coefficient (Wildman–Crippen LogP) is 4.61. The van der Waals surface area contributed by atoms with Gasteiger partial charge in [-0.2, -0.15) is 5.06 Å². The molecule has 7 heteroatoms. The van der Waals surface area contributed by atoms with Gasteiger partial charge in [-0.1, -0.05) is 90.5 Å². The number of rotatable bonds is 3. The number of amides is 2. The largest absolute Gasteiger partial charge is 0.508 e. The minimum Gasteiger partial charge on any atom is -0.508 e. The lowest BCUT2D eigenvalue weighted by Crippen LogP contribution is -2.58. The molecule has 1 aliphatic heterocycles. The van der Waals surface area contributed by atoms with Crippen LogP contribution in [-0.4, -0.2) is 38.8 Å². The van der Waals surface area contributed by atoms with Crippen LogP contribution in [0.15, 0.2) is 103 Å². The number of hydroxylamine groups is 2. The smallest absolute Gasteiger partial charge is 0.257 e. The number of phenols is 1. The van der Waals surface area contributed by atoms with Crippen LogP contribution in [-0.2, 0) is 24.6 Å². The molecule has 0 aromatic heterocycles. The van der Waals surface area contributed by atoms with Crippen molar-refractivity contribution >= 4 is 29.0 Å². The Bertz CT molecular complexity index is 1680. The number of Topliss-reactive ketones (excluding diaryl/α,β-unsaturated/α-hetero) is 1. The number of carbonyl (C=O) groups is 4. The summed E-state index contributed by atoms with van der Waals surface area (Å²) >= 11 is 0. The molecule has 204 valence electrons. The lowest BCUT2D eigenvalue weighted by Gasteiger charge is -2.55. The van der Waals surface area contributed by atoms with Crippen LogP contribution >= 0.6 is 0 Å². The number of aromatic hydroxyl groups is 1. The molecule has 0 unspecified atom stereocenters. The van der Waals surface area contributed by atoms with Gasteiger partial charge in [0.05, 0.1) is 17.3 Å². The number of carbonyl (C=O) groups excluding carboxylic acids is 4. The van der Waals surface area contributed by atoms with Gasteiger partial charge < -0.3 is 5.11 Å². The van der Waals surface area contributed by atoms with Crippen molar-refractivity contribution in [3.05, 3.63) is 119 Å². The molecule has 0 radical (unpaired) electrons. The summed E-state index contributed by atoms with van der Waals surface area (Å²) in [5, 5.41) is 21.7. The Morgan fingerprint density at radius 2 is 1.44 bits per heavy atom. The molecular formula is C34H27NO6. The zero-order valence-corrected chi connectivity index (χ0v) is 22.0. The fourth-order valence-electron chi connectivity index (χ4n) is 7.93. The molecule has 0 bridgehead atoms. The van der Waals surface area contributed by atoms with E-state index in [9.17, 15) is 29.5 Å². The highest BCUT2D eigenvalue weighted by atomic mass is 16.5. The molecule has 2 N–H and O–H groups in total. The quantitative estimate of drug-likeness (QED) is 0.283. The highest BCUT2D eigenvalue weighted by Gasteiger charge is 2.66. The van der Waals surface area contributed by atoms with Crippen LogP contribution in [0.1, 0.15) is 35.4 Å². The fourth-order valence-corrected chi connectivity index (χ4v) is 7.93. The molecule has 3 aliphatic carbocycles. The Balaban J connectivity index is 1.53. The average molecular weight is 546 g/mol. The van der Waals surface area contributed by atoms with E-state index in [1.54, 1.807) is 36.4 Å². The monoisotopic (exact) mass is 545 g/mol. The third kappa shape index (κ3) is 3.42. The summed E-state index contributed by atoms with van der Waals surface area (Å²) < 4.78 is 0. The van der Waals surface area contributed by atoms with Crippen molar-refractivity contribution in [2.24, 2.45) is 23.7 Å². The molecule has 2 fully saturated rings. The summed E-state index contributed by atoms with van der Waals surface area (Å²) in [7, 11) is 0. The number of imide groups is 1. The van der Waals surface area contributed by atoms with Gasteiger partial charge in [-0.15, -0.1) is 0 Å². The van der Waals surface area contributed by atoms with E-state index < -0.39 is 46.8 Å². The first-order valence-electron chi connectivity index (χ1n) is 13.8. The SMILES string of the molecule is O=C1C(c2ccccc2)=CC(=O)[C@@]2(c3ccccc3)[C@@H](c3ccccc3O)C3=CC[C@@H]4C(=O)N(O)C(=O)[C@@H]4[C@@H]3C[C@@H]12. The van der Waals surface area contributed by atoms with Crippen LogP contribution in [0.4, 0.5) is 0 Å². The summed E-state index contributed by atoms with van der Waals surface area (Å²) in [4.78, 5) is 55.4. The molecule has 41 heavy (non-hydrogen) atoms. The Hall–Kier alpha value is -4.62. The number of hydrogen-bond acceptors (Lipinski definition) is 6. The normalized spacial score (nSPS) is 30.8. The highest BCUT2D eigenvalue weighted by Crippen LogP contribution is 2.64. The Morgan fingerprint density at radius 3 is 2.15 bits per heavy atom. The zero-order valence-electron chi connectivity index (χ0n) is 22.0. The molecular weight excluding hydrogens is 518 g/mol. The summed E-state index contributed by atoms with van der Waals surface area (Å²) in [5.74, 6) is -5.68. The van der Waals surface area contributed by atoms with E-state index in [1.165, 1.54) is 6.08 Å². The first-order chi connectivity index (χ1) is 19.9. The average Bonchev–Trinajstić information content (AvgIpc) is 3.23. The number of hydrogen-bond donors (Lipinski definition) is 2. The maximum Gasteiger partial charge on any atom is 0.257 e. The first kappa shape index (κ1) is 25.4. The van der Waals surface area contributed by atoms with Crippen molar-refractivity contribution in [2.45, 2.75) is 24.2 Å². The Labute approximate surface area is 236 Å². The minimum atomic E-state index is -1.39. The number of phenolic OH excluding ortho intramolecular Hbond substituents is 1. The fraction of sp³-hybridized carbons (Fsp3) is 0.235. The van der Waals surface area contributed by atoms with E-state index in [-0.39, 0.29) is 35.2 Å². The molecule has 1 saturated heterocycles. The summed E-state index contributed by atoms with van der Waals surface area (Å²) in [6, 6.07) is 25.0. The van der Waals surface area contributed by atoms with Crippen molar-refractivity contribution in [2.75, 3.05) is 0 Å². The molecule has 1 saturated carbocycles. The second-order valence-electron chi connectivity index (χ2n) is 11.3. The van der Waals surface area contributed by atoms with Gasteiger partial charge >= 0.3 is 0 Å². The van der Waals surface area contributed by atoms with Gasteiger partial charge in [0.15, 0.2) is 11.6 Å². The lowest BCUT2D eigenvalue weighted by molar-refractivity contribution is -0.173. The molecule has 7 rings (SSSR count). The summed E-state index contributed by atoms with van der Waals surface area (Å²) in [6.07, 6.45) is 3.70. The van der Waals surface area contributed by atoms with Crippen molar-refractivity contribution in [3.8, 4) is 5.75 Å². The van der Waals surface area contributed by atoms with E-state index in [0.717, 1.165) is 5.57 Å². The standard InChI is InChI=1S/C34H27NO6/c36-27-14-8-7-13-22(27)30-21-15-16-23-29(33(40)35(41)32(23)39)25(21)17-26-31(38)24(19-9-3-1-4-10-19)18-28(37)34(26,30)20-11-5-2-6-12-20/h1-15,18,23,25-26,29-30,36,41H,16-17H2/t23-,25+,26-,29-,30+,34-/m0/s1. The van der Waals surface area contributed by atoms with E-state index in [0.29, 0.717) is 22.3 Å². The molecule has 1 heterocycles. The molecule has 2 amide bonds.